The van der Waals surface area contributed by atoms with Crippen LogP contribution in [0.3, 0.4) is 0 Å². The summed E-state index contributed by atoms with van der Waals surface area (Å²) in [7, 11) is 0. The largest absolute Gasteiger partial charge is 0.508 e. The van der Waals surface area contributed by atoms with Crippen molar-refractivity contribution in [2.75, 3.05) is 0 Å². The molecule has 0 saturated carbocycles. The maximum absolute atomic E-state index is 13.2. The number of aromatic hydroxyl groups is 1. The van der Waals surface area contributed by atoms with E-state index in [-0.39, 0.29) is 11.6 Å². The molecular weight excluding hydrogens is 229 g/mol. The van der Waals surface area contributed by atoms with Crippen LogP contribution in [0.25, 0.3) is 0 Å². The van der Waals surface area contributed by atoms with Crippen LogP contribution in [0.4, 0.5) is 4.39 Å². The third-order valence-electron chi connectivity index (χ3n) is 2.99. The molecule has 2 rings (SSSR count). The summed E-state index contributed by atoms with van der Waals surface area (Å²) in [4.78, 5) is 0. The fourth-order valence-electron chi connectivity index (χ4n) is 1.98. The number of benzene rings is 2. The highest BCUT2D eigenvalue weighted by molar-refractivity contribution is 5.31. The molecule has 1 atom stereocenters. The Labute approximate surface area is 106 Å². The summed E-state index contributed by atoms with van der Waals surface area (Å²) in [6.45, 7) is 1.87. The minimum atomic E-state index is -0.640. The average molecular weight is 245 g/mol. The molecule has 0 radical (unpaired) electrons. The summed E-state index contributed by atoms with van der Waals surface area (Å²) < 4.78 is 13.2. The van der Waals surface area contributed by atoms with Crippen molar-refractivity contribution in [3.63, 3.8) is 0 Å². The topological polar surface area (TPSA) is 46.2 Å². The molecule has 0 aromatic heterocycles. The standard InChI is InChI=1S/C15H16FNO/c1-15(17,12-3-2-4-13(16)9-12)10-11-5-7-14(18)8-6-11/h2-9,18H,10,17H2,1H3. The molecule has 18 heavy (non-hydrogen) atoms. The predicted octanol–water partition coefficient (Wildman–Crippen LogP) is 2.95. The lowest BCUT2D eigenvalue weighted by Gasteiger charge is -2.25. The molecule has 0 aliphatic heterocycles. The van der Waals surface area contributed by atoms with Gasteiger partial charge in [-0.05, 0) is 48.7 Å². The second-order valence-corrected chi connectivity index (χ2v) is 4.77. The van der Waals surface area contributed by atoms with E-state index in [2.05, 4.69) is 0 Å². The van der Waals surface area contributed by atoms with E-state index in [9.17, 15) is 9.50 Å². The lowest BCUT2D eigenvalue weighted by atomic mass is 9.86. The van der Waals surface area contributed by atoms with Crippen molar-refractivity contribution >= 4 is 0 Å². The lowest BCUT2D eigenvalue weighted by molar-refractivity contribution is 0.471. The number of hydrogen-bond donors (Lipinski definition) is 2. The van der Waals surface area contributed by atoms with Gasteiger partial charge in [0.2, 0.25) is 0 Å². The number of phenols is 1. The first-order valence-electron chi connectivity index (χ1n) is 5.80. The van der Waals surface area contributed by atoms with Crippen LogP contribution in [0.1, 0.15) is 18.1 Å². The first kappa shape index (κ1) is 12.6. The predicted molar refractivity (Wildman–Crippen MR) is 69.8 cm³/mol. The molecule has 2 aromatic rings. The van der Waals surface area contributed by atoms with E-state index in [1.54, 1.807) is 18.2 Å². The van der Waals surface area contributed by atoms with Gasteiger partial charge in [-0.25, -0.2) is 4.39 Å². The smallest absolute Gasteiger partial charge is 0.123 e. The van der Waals surface area contributed by atoms with Crippen LogP contribution in [0, 0.1) is 5.82 Å². The molecule has 0 saturated heterocycles. The van der Waals surface area contributed by atoms with Crippen LogP contribution in [-0.2, 0) is 12.0 Å². The maximum Gasteiger partial charge on any atom is 0.123 e. The van der Waals surface area contributed by atoms with E-state index in [1.165, 1.54) is 12.1 Å². The molecule has 3 N–H and O–H groups in total. The Morgan fingerprint density at radius 3 is 2.44 bits per heavy atom. The number of phenolic OH excluding ortho intramolecular Hbond substituents is 1. The fraction of sp³-hybridized carbons (Fsp3) is 0.200. The molecule has 0 bridgehead atoms. The molecule has 0 spiro atoms. The van der Waals surface area contributed by atoms with Gasteiger partial charge in [-0.1, -0.05) is 24.3 Å². The number of nitrogens with two attached hydrogens (primary N) is 1. The van der Waals surface area contributed by atoms with Crippen molar-refractivity contribution < 1.29 is 9.50 Å². The molecule has 0 fully saturated rings. The van der Waals surface area contributed by atoms with Gasteiger partial charge in [0.1, 0.15) is 11.6 Å². The minimum Gasteiger partial charge on any atom is -0.508 e. The highest BCUT2D eigenvalue weighted by atomic mass is 19.1. The van der Waals surface area contributed by atoms with Crippen molar-refractivity contribution in [1.82, 2.24) is 0 Å². The van der Waals surface area contributed by atoms with Crippen molar-refractivity contribution in [2.45, 2.75) is 18.9 Å². The first-order valence-corrected chi connectivity index (χ1v) is 5.80. The Morgan fingerprint density at radius 2 is 1.83 bits per heavy atom. The van der Waals surface area contributed by atoms with Crippen LogP contribution >= 0.6 is 0 Å². The van der Waals surface area contributed by atoms with E-state index in [4.69, 9.17) is 5.73 Å². The molecule has 3 heteroatoms. The zero-order chi connectivity index (χ0) is 13.2. The third kappa shape index (κ3) is 2.87. The average Bonchev–Trinajstić information content (AvgIpc) is 2.32. The molecule has 2 nitrogen and oxygen atoms in total. The van der Waals surface area contributed by atoms with Gasteiger partial charge in [-0.2, -0.15) is 0 Å². The Balaban J connectivity index is 2.23. The normalized spacial score (nSPS) is 14.2. The molecule has 2 aromatic carbocycles. The highest BCUT2D eigenvalue weighted by Gasteiger charge is 2.22. The third-order valence-corrected chi connectivity index (χ3v) is 2.99. The van der Waals surface area contributed by atoms with E-state index >= 15 is 0 Å². The van der Waals surface area contributed by atoms with E-state index in [0.717, 1.165) is 11.1 Å². The molecule has 94 valence electrons. The Morgan fingerprint density at radius 1 is 1.17 bits per heavy atom. The van der Waals surface area contributed by atoms with E-state index < -0.39 is 5.54 Å². The lowest BCUT2D eigenvalue weighted by Crippen LogP contribution is -2.35. The van der Waals surface area contributed by atoms with Gasteiger partial charge in [0.15, 0.2) is 0 Å². The molecule has 0 aliphatic carbocycles. The van der Waals surface area contributed by atoms with Crippen LogP contribution in [0.2, 0.25) is 0 Å². The molecule has 0 heterocycles. The van der Waals surface area contributed by atoms with Gasteiger partial charge in [-0.15, -0.1) is 0 Å². The summed E-state index contributed by atoms with van der Waals surface area (Å²) in [5, 5.41) is 9.23. The van der Waals surface area contributed by atoms with Crippen LogP contribution in [-0.4, -0.2) is 5.11 Å². The van der Waals surface area contributed by atoms with Crippen LogP contribution < -0.4 is 5.73 Å². The van der Waals surface area contributed by atoms with Gasteiger partial charge in [0.05, 0.1) is 0 Å². The maximum atomic E-state index is 13.2. The molecule has 0 aliphatic rings. The number of hydrogen-bond acceptors (Lipinski definition) is 2. The Hall–Kier alpha value is -1.87. The van der Waals surface area contributed by atoms with Crippen molar-refractivity contribution in [2.24, 2.45) is 5.73 Å². The molecule has 0 amide bonds. The first-order chi connectivity index (χ1) is 8.47. The Bertz CT molecular complexity index is 534. The SMILES string of the molecule is CC(N)(Cc1ccc(O)cc1)c1cccc(F)c1. The number of halogens is 1. The van der Waals surface area contributed by atoms with Crippen molar-refractivity contribution in [3.8, 4) is 5.75 Å². The van der Waals surface area contributed by atoms with Gasteiger partial charge in [-0.3, -0.25) is 0 Å². The number of rotatable bonds is 3. The summed E-state index contributed by atoms with van der Waals surface area (Å²) in [6.07, 6.45) is 0.580. The van der Waals surface area contributed by atoms with Gasteiger partial charge in [0, 0.05) is 5.54 Å². The van der Waals surface area contributed by atoms with Crippen LogP contribution in [0.5, 0.6) is 5.75 Å². The minimum absolute atomic E-state index is 0.225. The summed E-state index contributed by atoms with van der Waals surface area (Å²) in [5.41, 5.74) is 7.37. The van der Waals surface area contributed by atoms with Crippen molar-refractivity contribution in [3.05, 3.63) is 65.5 Å². The van der Waals surface area contributed by atoms with Gasteiger partial charge < -0.3 is 10.8 Å². The summed E-state index contributed by atoms with van der Waals surface area (Å²) in [5.74, 6) is -0.0573. The second-order valence-electron chi connectivity index (χ2n) is 4.77. The van der Waals surface area contributed by atoms with Crippen molar-refractivity contribution in [1.29, 1.82) is 0 Å². The zero-order valence-corrected chi connectivity index (χ0v) is 10.2. The monoisotopic (exact) mass is 245 g/mol. The summed E-state index contributed by atoms with van der Waals surface area (Å²) >= 11 is 0. The zero-order valence-electron chi connectivity index (χ0n) is 10.2. The molecular formula is C15H16FNO. The fourth-order valence-corrected chi connectivity index (χ4v) is 1.98. The van der Waals surface area contributed by atoms with Gasteiger partial charge >= 0.3 is 0 Å². The van der Waals surface area contributed by atoms with Gasteiger partial charge in [0.25, 0.3) is 0 Å². The van der Waals surface area contributed by atoms with Crippen LogP contribution in [0.15, 0.2) is 48.5 Å². The Kier molecular flexibility index (Phi) is 3.34. The quantitative estimate of drug-likeness (QED) is 0.873. The highest BCUT2D eigenvalue weighted by Crippen LogP contribution is 2.24. The molecule has 1 unspecified atom stereocenters. The second kappa shape index (κ2) is 4.78. The van der Waals surface area contributed by atoms with E-state index in [0.29, 0.717) is 6.42 Å². The van der Waals surface area contributed by atoms with E-state index in [1.807, 2.05) is 25.1 Å². The summed E-state index contributed by atoms with van der Waals surface area (Å²) in [6, 6.07) is 13.2.